The molecule has 1 fully saturated rings. The van der Waals surface area contributed by atoms with Crippen molar-refractivity contribution in [3.05, 3.63) is 41.5 Å². The van der Waals surface area contributed by atoms with Crippen molar-refractivity contribution in [1.29, 1.82) is 0 Å². The molecule has 4 aliphatic rings. The van der Waals surface area contributed by atoms with Crippen molar-refractivity contribution in [1.82, 2.24) is 0 Å². The number of hydrogen-bond acceptors (Lipinski definition) is 6. The van der Waals surface area contributed by atoms with Crippen molar-refractivity contribution in [3.8, 4) is 0 Å². The molecule has 0 spiro atoms. The molecule has 2 bridgehead atoms. The fourth-order valence-corrected chi connectivity index (χ4v) is 4.60. The topological polar surface area (TPSA) is 73.9 Å². The van der Waals surface area contributed by atoms with E-state index >= 15 is 0 Å². The number of ketones is 1. The molecule has 24 heavy (non-hydrogen) atoms. The normalized spacial score (nSPS) is 31.8. The lowest BCUT2D eigenvalue weighted by Crippen LogP contribution is -2.66. The molecule has 1 aromatic carbocycles. The average Bonchev–Trinajstić information content (AvgIpc) is 3.02. The first-order valence-corrected chi connectivity index (χ1v) is 7.89. The Balaban J connectivity index is 1.91. The van der Waals surface area contributed by atoms with Crippen LogP contribution in [0.15, 0.2) is 35.9 Å². The Kier molecular flexibility index (Phi) is 3.30. The molecule has 1 aromatic rings. The standard InChI is InChI=1S/C18H19NO5/c1-22-17(21)11-8-10-13-9-6-4-5-7-12(9)19-15(13)14(11)18(23-2,24-3)16(10)20/h4-8,10,13-15,19H,1-3H3. The van der Waals surface area contributed by atoms with Crippen LogP contribution in [0.5, 0.6) is 0 Å². The maximum absolute atomic E-state index is 13.1. The summed E-state index contributed by atoms with van der Waals surface area (Å²) in [5.74, 6) is -3.18. The van der Waals surface area contributed by atoms with Crippen molar-refractivity contribution in [2.24, 2.45) is 11.8 Å². The van der Waals surface area contributed by atoms with E-state index in [9.17, 15) is 9.59 Å². The largest absolute Gasteiger partial charge is 0.466 e. The van der Waals surface area contributed by atoms with E-state index in [0.29, 0.717) is 5.57 Å². The van der Waals surface area contributed by atoms with Crippen molar-refractivity contribution >= 4 is 17.4 Å². The van der Waals surface area contributed by atoms with Crippen molar-refractivity contribution < 1.29 is 23.8 Å². The van der Waals surface area contributed by atoms with Gasteiger partial charge >= 0.3 is 5.97 Å². The lowest BCUT2D eigenvalue weighted by molar-refractivity contribution is -0.240. The molecule has 6 nitrogen and oxygen atoms in total. The highest BCUT2D eigenvalue weighted by Gasteiger charge is 2.67. The predicted molar refractivity (Wildman–Crippen MR) is 85.4 cm³/mol. The van der Waals surface area contributed by atoms with Gasteiger partial charge in [0.1, 0.15) is 0 Å². The number of rotatable bonds is 3. The number of allylic oxidation sites excluding steroid dienone is 1. The molecule has 4 unspecified atom stereocenters. The van der Waals surface area contributed by atoms with Gasteiger partial charge in [0.2, 0.25) is 5.79 Å². The molecule has 0 amide bonds. The number of carbonyl (C=O) groups excluding carboxylic acids is 2. The van der Waals surface area contributed by atoms with Gasteiger partial charge < -0.3 is 19.5 Å². The number of carbonyl (C=O) groups is 2. The highest BCUT2D eigenvalue weighted by atomic mass is 16.7. The third-order valence-electron chi connectivity index (χ3n) is 5.55. The summed E-state index contributed by atoms with van der Waals surface area (Å²) in [5, 5.41) is 3.46. The SMILES string of the molecule is COC(=O)C1=CC2C(=O)C(OC)(OC)C1C1Nc3ccccc3C21. The highest BCUT2D eigenvalue weighted by Crippen LogP contribution is 2.57. The molecule has 1 N–H and O–H groups in total. The van der Waals surface area contributed by atoms with Crippen LogP contribution >= 0.6 is 0 Å². The van der Waals surface area contributed by atoms with Gasteiger partial charge in [0.25, 0.3) is 0 Å². The summed E-state index contributed by atoms with van der Waals surface area (Å²) >= 11 is 0. The molecule has 1 heterocycles. The number of Topliss-reactive ketones (excluding diaryl/α,β-unsaturated/α-hetero) is 1. The average molecular weight is 329 g/mol. The number of methoxy groups -OCH3 is 3. The van der Waals surface area contributed by atoms with Gasteiger partial charge in [-0.05, 0) is 11.6 Å². The van der Waals surface area contributed by atoms with E-state index in [1.54, 1.807) is 6.08 Å². The number of benzene rings is 1. The first-order chi connectivity index (χ1) is 11.6. The van der Waals surface area contributed by atoms with Gasteiger partial charge in [-0.25, -0.2) is 4.79 Å². The zero-order valence-electron chi connectivity index (χ0n) is 13.7. The molecular weight excluding hydrogens is 310 g/mol. The van der Waals surface area contributed by atoms with Gasteiger partial charge in [-0.3, -0.25) is 4.79 Å². The number of nitrogens with one attached hydrogen (secondary N) is 1. The van der Waals surface area contributed by atoms with E-state index in [-0.39, 0.29) is 17.7 Å². The smallest absolute Gasteiger partial charge is 0.334 e. The molecule has 126 valence electrons. The second-order valence-electron chi connectivity index (χ2n) is 6.34. The second kappa shape index (κ2) is 5.16. The van der Waals surface area contributed by atoms with Crippen molar-refractivity contribution in [2.75, 3.05) is 26.6 Å². The third kappa shape index (κ3) is 1.67. The molecule has 4 atom stereocenters. The van der Waals surface area contributed by atoms with Crippen molar-refractivity contribution in [2.45, 2.75) is 17.7 Å². The van der Waals surface area contributed by atoms with E-state index in [1.165, 1.54) is 21.3 Å². The molecular formula is C18H19NO5. The Hall–Kier alpha value is -2.18. The Morgan fingerprint density at radius 2 is 1.88 bits per heavy atom. The first kappa shape index (κ1) is 15.4. The van der Waals surface area contributed by atoms with Crippen LogP contribution in [-0.2, 0) is 23.8 Å². The summed E-state index contributed by atoms with van der Waals surface area (Å²) in [6.45, 7) is 0. The summed E-state index contributed by atoms with van der Waals surface area (Å²) in [5.41, 5.74) is 2.51. The van der Waals surface area contributed by atoms with Crippen LogP contribution in [0.25, 0.3) is 0 Å². The van der Waals surface area contributed by atoms with Crippen LogP contribution in [0.4, 0.5) is 5.69 Å². The van der Waals surface area contributed by atoms with Gasteiger partial charge in [0.15, 0.2) is 5.78 Å². The maximum Gasteiger partial charge on any atom is 0.334 e. The molecule has 0 saturated heterocycles. The molecule has 3 aliphatic carbocycles. The Bertz CT molecular complexity index is 752. The van der Waals surface area contributed by atoms with E-state index < -0.39 is 23.6 Å². The van der Waals surface area contributed by atoms with Gasteiger partial charge in [-0.15, -0.1) is 0 Å². The fourth-order valence-electron chi connectivity index (χ4n) is 4.60. The second-order valence-corrected chi connectivity index (χ2v) is 6.34. The molecule has 5 rings (SSSR count). The van der Waals surface area contributed by atoms with Crippen molar-refractivity contribution in [3.63, 3.8) is 0 Å². The number of fused-ring (bicyclic) bond motifs is 2. The molecule has 0 aromatic heterocycles. The minimum Gasteiger partial charge on any atom is -0.466 e. The van der Waals surface area contributed by atoms with Crippen LogP contribution in [0, 0.1) is 11.8 Å². The van der Waals surface area contributed by atoms with Crippen LogP contribution in [0.3, 0.4) is 0 Å². The van der Waals surface area contributed by atoms with E-state index in [1.807, 2.05) is 24.3 Å². The summed E-state index contributed by atoms with van der Waals surface area (Å²) in [6.07, 6.45) is 1.74. The van der Waals surface area contributed by atoms with Crippen LogP contribution in [-0.4, -0.2) is 44.9 Å². The number of hydrogen-bond donors (Lipinski definition) is 1. The molecule has 1 aliphatic heterocycles. The predicted octanol–water partition coefficient (Wildman–Crippen LogP) is 1.48. The monoisotopic (exact) mass is 329 g/mol. The summed E-state index contributed by atoms with van der Waals surface area (Å²) in [6, 6.07) is 7.75. The minimum atomic E-state index is -1.47. The molecule has 6 heteroatoms. The quantitative estimate of drug-likeness (QED) is 0.669. The number of anilines is 1. The number of ether oxygens (including phenoxy) is 3. The number of esters is 1. The highest BCUT2D eigenvalue weighted by molar-refractivity contribution is 6.01. The van der Waals surface area contributed by atoms with Crippen LogP contribution in [0.2, 0.25) is 0 Å². The Morgan fingerprint density at radius 1 is 1.17 bits per heavy atom. The van der Waals surface area contributed by atoms with Gasteiger partial charge in [-0.2, -0.15) is 0 Å². The molecule has 1 saturated carbocycles. The van der Waals surface area contributed by atoms with Crippen LogP contribution in [0.1, 0.15) is 11.5 Å². The van der Waals surface area contributed by atoms with Gasteiger partial charge in [-0.1, -0.05) is 24.3 Å². The third-order valence-corrected chi connectivity index (χ3v) is 5.55. The summed E-state index contributed by atoms with van der Waals surface area (Å²) in [7, 11) is 4.21. The van der Waals surface area contributed by atoms with Gasteiger partial charge in [0, 0.05) is 37.4 Å². The van der Waals surface area contributed by atoms with E-state index in [4.69, 9.17) is 14.2 Å². The fraction of sp³-hybridized carbons (Fsp3) is 0.444. The van der Waals surface area contributed by atoms with Gasteiger partial charge in [0.05, 0.1) is 18.9 Å². The van der Waals surface area contributed by atoms with E-state index in [0.717, 1.165) is 11.3 Å². The van der Waals surface area contributed by atoms with Crippen LogP contribution < -0.4 is 5.32 Å². The zero-order valence-corrected chi connectivity index (χ0v) is 13.7. The Labute approximate surface area is 139 Å². The van der Waals surface area contributed by atoms with E-state index in [2.05, 4.69) is 5.32 Å². The number of para-hydroxylation sites is 1. The summed E-state index contributed by atoms with van der Waals surface area (Å²) in [4.78, 5) is 25.4. The first-order valence-electron chi connectivity index (χ1n) is 7.89. The maximum atomic E-state index is 13.1. The zero-order chi connectivity index (χ0) is 17.1. The molecule has 0 radical (unpaired) electrons. The Morgan fingerprint density at radius 3 is 2.54 bits per heavy atom. The lowest BCUT2D eigenvalue weighted by Gasteiger charge is -2.52. The lowest BCUT2D eigenvalue weighted by atomic mass is 9.58. The minimum absolute atomic E-state index is 0.0365. The summed E-state index contributed by atoms with van der Waals surface area (Å²) < 4.78 is 16.0.